The Morgan fingerprint density at radius 3 is 2.31 bits per heavy atom. The Labute approximate surface area is 238 Å². The molecule has 4 rings (SSSR count). The Hall–Kier alpha value is -3.20. The summed E-state index contributed by atoms with van der Waals surface area (Å²) in [6.07, 6.45) is 1.89. The highest BCUT2D eigenvalue weighted by Crippen LogP contribution is 2.51. The summed E-state index contributed by atoms with van der Waals surface area (Å²) in [5.41, 5.74) is 4.58. The number of pyridine rings is 2. The first kappa shape index (κ1) is 30.3. The molecule has 1 aromatic carbocycles. The number of carbonyl (C=O) groups is 1. The number of aryl methyl sites for hydroxylation is 1. The molecule has 1 aliphatic rings. The fourth-order valence-electron chi connectivity index (χ4n) is 4.38. The molecule has 0 aliphatic carbocycles. The van der Waals surface area contributed by atoms with Gasteiger partial charge in [0.2, 0.25) is 17.7 Å². The van der Waals surface area contributed by atoms with Crippen molar-refractivity contribution >= 4 is 17.7 Å². The van der Waals surface area contributed by atoms with E-state index in [2.05, 4.69) is 16.9 Å². The van der Waals surface area contributed by atoms with E-state index in [1.807, 2.05) is 108 Å². The van der Waals surface area contributed by atoms with E-state index >= 15 is 0 Å². The van der Waals surface area contributed by atoms with Gasteiger partial charge in [-0.3, -0.25) is 9.69 Å². The molecule has 0 unspecified atom stereocenters. The molecule has 1 amide bonds. The maximum atomic E-state index is 13.4. The first-order valence-corrected chi connectivity index (χ1v) is 14.3. The minimum Gasteiger partial charge on any atom is -0.420 e. The van der Waals surface area contributed by atoms with E-state index < -0.39 is 5.41 Å². The number of amides is 1. The van der Waals surface area contributed by atoms with Gasteiger partial charge in [0.1, 0.15) is 0 Å². The van der Waals surface area contributed by atoms with Crippen LogP contribution in [0.1, 0.15) is 57.4 Å². The zero-order valence-electron chi connectivity index (χ0n) is 24.3. The molecule has 0 bridgehead atoms. The molecule has 1 atom stereocenters. The first-order valence-electron chi connectivity index (χ1n) is 13.1. The van der Waals surface area contributed by atoms with Crippen LogP contribution in [0.2, 0.25) is 0 Å². The summed E-state index contributed by atoms with van der Waals surface area (Å²) in [6.45, 7) is 14.8. The molecule has 0 radical (unpaired) electrons. The van der Waals surface area contributed by atoms with Crippen molar-refractivity contribution in [3.05, 3.63) is 82.5 Å². The predicted molar refractivity (Wildman–Crippen MR) is 162 cm³/mol. The molecule has 2 aromatic heterocycles. The van der Waals surface area contributed by atoms with Crippen molar-refractivity contribution in [1.29, 1.82) is 0 Å². The topological polar surface area (TPSA) is 76.6 Å². The van der Waals surface area contributed by atoms with Crippen molar-refractivity contribution in [1.82, 2.24) is 20.2 Å². The number of nitrogens with zero attached hydrogens (tertiary/aromatic N) is 3. The number of hydrogen-bond acceptors (Lipinski definition) is 7. The summed E-state index contributed by atoms with van der Waals surface area (Å²) < 4.78 is 11.9. The molecule has 1 aliphatic heterocycles. The highest BCUT2D eigenvalue weighted by molar-refractivity contribution is 8.02. The number of aromatic nitrogens is 2. The Bertz CT molecular complexity index is 1310. The summed E-state index contributed by atoms with van der Waals surface area (Å²) in [7, 11) is 3.95. The van der Waals surface area contributed by atoms with E-state index in [1.165, 1.54) is 11.8 Å². The highest BCUT2D eigenvalue weighted by atomic mass is 32.2. The second-order valence-corrected chi connectivity index (χ2v) is 10.9. The minimum atomic E-state index is -0.819. The Morgan fingerprint density at radius 1 is 1.08 bits per heavy atom. The van der Waals surface area contributed by atoms with Crippen LogP contribution in [0.25, 0.3) is 11.3 Å². The summed E-state index contributed by atoms with van der Waals surface area (Å²) in [6, 6.07) is 16.1. The zero-order chi connectivity index (χ0) is 28.7. The van der Waals surface area contributed by atoms with Gasteiger partial charge in [-0.05, 0) is 45.0 Å². The van der Waals surface area contributed by atoms with Crippen LogP contribution >= 0.6 is 11.8 Å². The van der Waals surface area contributed by atoms with E-state index in [0.717, 1.165) is 33.6 Å². The Morgan fingerprint density at radius 2 is 1.69 bits per heavy atom. The largest absolute Gasteiger partial charge is 0.420 e. The molecule has 39 heavy (non-hydrogen) atoms. The highest BCUT2D eigenvalue weighted by Gasteiger charge is 2.44. The molecule has 0 fully saturated rings. The summed E-state index contributed by atoms with van der Waals surface area (Å²) in [5, 5.41) is 3.55. The quantitative estimate of drug-likeness (QED) is 0.288. The van der Waals surface area contributed by atoms with Gasteiger partial charge in [0, 0.05) is 29.7 Å². The van der Waals surface area contributed by atoms with Crippen LogP contribution in [0.4, 0.5) is 0 Å². The molecule has 7 nitrogen and oxygen atoms in total. The number of carbonyl (C=O) groups excluding carboxylic acids is 1. The minimum absolute atomic E-state index is 0. The second kappa shape index (κ2) is 13.2. The standard InChI is InChI=1S/C29H34N4O3S.C2H6.H2/c1-18-8-13-22-25(29(3,4)28(34)31-19(2)37-7)23-14-15-24(32-27(23)36-26(22)30-18)21-11-9-20(10-12-21)16-35-17-33(5)6;1-2;/h8-15,25H,2,16-17H2,1,3-7H3,(H,31,34);1-2H3;1H/t25-;;/m0../s1. The molecule has 0 saturated carbocycles. The molecule has 1 N–H and O–H groups in total. The monoisotopic (exact) mass is 550 g/mol. The van der Waals surface area contributed by atoms with Gasteiger partial charge < -0.3 is 14.8 Å². The third-order valence-electron chi connectivity index (χ3n) is 6.41. The lowest BCUT2D eigenvalue weighted by molar-refractivity contribution is -0.129. The molecular formula is C31H42N4O3S. The number of fused-ring (bicyclic) bond motifs is 2. The normalized spacial score (nSPS) is 13.9. The Kier molecular flexibility index (Phi) is 10.3. The number of rotatable bonds is 9. The van der Waals surface area contributed by atoms with Crippen LogP contribution < -0.4 is 10.1 Å². The maximum Gasteiger partial charge on any atom is 0.231 e. The van der Waals surface area contributed by atoms with E-state index in [-0.39, 0.29) is 13.3 Å². The third-order valence-corrected chi connectivity index (χ3v) is 7.00. The fourth-order valence-corrected chi connectivity index (χ4v) is 4.58. The second-order valence-electron chi connectivity index (χ2n) is 10.0. The van der Waals surface area contributed by atoms with Gasteiger partial charge in [-0.15, -0.1) is 11.8 Å². The number of benzene rings is 1. The van der Waals surface area contributed by atoms with Gasteiger partial charge in [-0.2, -0.15) is 0 Å². The van der Waals surface area contributed by atoms with Gasteiger partial charge in [0.25, 0.3) is 0 Å². The lowest BCUT2D eigenvalue weighted by Gasteiger charge is -2.37. The van der Waals surface area contributed by atoms with E-state index in [1.54, 1.807) is 0 Å². The van der Waals surface area contributed by atoms with Crippen molar-refractivity contribution in [2.24, 2.45) is 5.41 Å². The SMILES string of the molecule is C=C(NC(=O)C(C)(C)[C@H]1c2ccc(C)nc2Oc2nc(-c3ccc(COCN(C)C)cc3)ccc21)SC.CC.[HH]. The summed E-state index contributed by atoms with van der Waals surface area (Å²) in [4.78, 5) is 24.9. The lowest BCUT2D eigenvalue weighted by atomic mass is 9.70. The number of nitrogens with one attached hydrogen (secondary N) is 1. The molecule has 0 saturated heterocycles. The van der Waals surface area contributed by atoms with Gasteiger partial charge >= 0.3 is 0 Å². The molecule has 210 valence electrons. The van der Waals surface area contributed by atoms with E-state index in [9.17, 15) is 4.79 Å². The Balaban J connectivity index is 0.00000183. The van der Waals surface area contributed by atoms with Gasteiger partial charge in [-0.25, -0.2) is 9.97 Å². The predicted octanol–water partition coefficient (Wildman–Crippen LogP) is 6.97. The van der Waals surface area contributed by atoms with Crippen LogP contribution in [0.3, 0.4) is 0 Å². The number of ether oxygens (including phenoxy) is 2. The van der Waals surface area contributed by atoms with Crippen molar-refractivity contribution in [2.45, 2.75) is 47.1 Å². The lowest BCUT2D eigenvalue weighted by Crippen LogP contribution is -2.41. The average molecular weight is 551 g/mol. The number of thioether (sulfide) groups is 1. The summed E-state index contributed by atoms with van der Waals surface area (Å²) in [5.74, 6) is 0.537. The third kappa shape index (κ3) is 7.06. The van der Waals surface area contributed by atoms with Crippen LogP contribution in [-0.2, 0) is 16.1 Å². The van der Waals surface area contributed by atoms with Crippen LogP contribution in [0.5, 0.6) is 11.8 Å². The maximum absolute atomic E-state index is 13.4. The molecule has 8 heteroatoms. The van der Waals surface area contributed by atoms with Crippen LogP contribution in [-0.4, -0.2) is 47.9 Å². The zero-order valence-corrected chi connectivity index (χ0v) is 25.1. The van der Waals surface area contributed by atoms with Gasteiger partial charge in [0.05, 0.1) is 29.5 Å². The summed E-state index contributed by atoms with van der Waals surface area (Å²) >= 11 is 1.41. The van der Waals surface area contributed by atoms with Crippen molar-refractivity contribution in [3.8, 4) is 23.0 Å². The molecule has 3 aromatic rings. The smallest absolute Gasteiger partial charge is 0.231 e. The van der Waals surface area contributed by atoms with E-state index in [0.29, 0.717) is 30.1 Å². The van der Waals surface area contributed by atoms with Crippen LogP contribution in [0, 0.1) is 12.3 Å². The van der Waals surface area contributed by atoms with Crippen molar-refractivity contribution < 1.29 is 15.7 Å². The van der Waals surface area contributed by atoms with Gasteiger partial charge in [-0.1, -0.05) is 70.7 Å². The van der Waals surface area contributed by atoms with Gasteiger partial charge in [0.15, 0.2) is 0 Å². The van der Waals surface area contributed by atoms with E-state index in [4.69, 9.17) is 14.5 Å². The fraction of sp³-hybridized carbons (Fsp3) is 0.387. The first-order chi connectivity index (χ1) is 18.6. The van der Waals surface area contributed by atoms with Crippen molar-refractivity contribution in [2.75, 3.05) is 27.1 Å². The molecule has 0 spiro atoms. The number of hydrogen-bond donors (Lipinski definition) is 1. The van der Waals surface area contributed by atoms with Crippen LogP contribution in [0.15, 0.2) is 60.1 Å². The molecular weight excluding hydrogens is 508 g/mol. The van der Waals surface area contributed by atoms with Crippen molar-refractivity contribution in [3.63, 3.8) is 0 Å². The molecule has 3 heterocycles. The average Bonchev–Trinajstić information content (AvgIpc) is 2.92.